The molecular formula is C13H21Cl2N3O2S. The standard InChI is InChI=1S/C13H21Cl2N3O2S/c1-10(2)18(3)7-5-4-6-17-21(19,20)11-8-12(14)13(15)16-9-11/h8-10,17H,4-7H2,1-3H3. The van der Waals surface area contributed by atoms with Gasteiger partial charge in [-0.15, -0.1) is 0 Å². The smallest absolute Gasteiger partial charge is 0.242 e. The third-order valence-electron chi connectivity index (χ3n) is 3.19. The van der Waals surface area contributed by atoms with E-state index in [0.29, 0.717) is 12.6 Å². The molecule has 1 aromatic heterocycles. The van der Waals surface area contributed by atoms with Gasteiger partial charge in [0.2, 0.25) is 10.0 Å². The number of nitrogens with zero attached hydrogens (tertiary/aromatic N) is 2. The number of halogens is 2. The lowest BCUT2D eigenvalue weighted by Gasteiger charge is -2.20. The van der Waals surface area contributed by atoms with E-state index in [-0.39, 0.29) is 15.1 Å². The molecule has 0 spiro atoms. The second-order valence-electron chi connectivity index (χ2n) is 5.12. The van der Waals surface area contributed by atoms with Gasteiger partial charge in [0.25, 0.3) is 0 Å². The van der Waals surface area contributed by atoms with E-state index in [1.807, 2.05) is 0 Å². The molecule has 1 N–H and O–H groups in total. The fraction of sp³-hybridized carbons (Fsp3) is 0.615. The summed E-state index contributed by atoms with van der Waals surface area (Å²) in [5.41, 5.74) is 0. The summed E-state index contributed by atoms with van der Waals surface area (Å²) in [5.74, 6) is 0. The summed E-state index contributed by atoms with van der Waals surface area (Å²) >= 11 is 11.4. The highest BCUT2D eigenvalue weighted by atomic mass is 35.5. The molecule has 0 aliphatic heterocycles. The zero-order valence-electron chi connectivity index (χ0n) is 12.4. The van der Waals surface area contributed by atoms with Crippen molar-refractivity contribution in [2.24, 2.45) is 0 Å². The van der Waals surface area contributed by atoms with Crippen LogP contribution in [-0.2, 0) is 10.0 Å². The van der Waals surface area contributed by atoms with E-state index in [1.54, 1.807) is 0 Å². The Bertz CT molecular complexity index is 565. The Morgan fingerprint density at radius 3 is 2.57 bits per heavy atom. The number of pyridine rings is 1. The highest BCUT2D eigenvalue weighted by Crippen LogP contribution is 2.21. The predicted octanol–water partition coefficient (Wildman–Crippen LogP) is 2.79. The van der Waals surface area contributed by atoms with Gasteiger partial charge in [-0.25, -0.2) is 18.1 Å². The van der Waals surface area contributed by atoms with Crippen LogP contribution in [0.3, 0.4) is 0 Å². The number of aromatic nitrogens is 1. The van der Waals surface area contributed by atoms with Crippen molar-refractivity contribution in [3.05, 3.63) is 22.4 Å². The van der Waals surface area contributed by atoms with Crippen LogP contribution >= 0.6 is 23.2 Å². The second-order valence-corrected chi connectivity index (χ2v) is 7.66. The highest BCUT2D eigenvalue weighted by Gasteiger charge is 2.15. The minimum atomic E-state index is -3.59. The maximum atomic E-state index is 12.0. The van der Waals surface area contributed by atoms with Crippen LogP contribution in [0, 0.1) is 0 Å². The first kappa shape index (κ1) is 18.6. The molecule has 1 rings (SSSR count). The number of unbranched alkanes of at least 4 members (excludes halogenated alkanes) is 1. The van der Waals surface area contributed by atoms with Crippen molar-refractivity contribution in [2.45, 2.75) is 37.6 Å². The molecule has 0 unspecified atom stereocenters. The summed E-state index contributed by atoms with van der Waals surface area (Å²) in [6.45, 7) is 5.57. The molecule has 0 saturated carbocycles. The molecule has 0 aliphatic rings. The average molecular weight is 354 g/mol. The Morgan fingerprint density at radius 1 is 1.33 bits per heavy atom. The number of hydrogen-bond donors (Lipinski definition) is 1. The summed E-state index contributed by atoms with van der Waals surface area (Å²) in [6.07, 6.45) is 2.89. The van der Waals surface area contributed by atoms with E-state index in [4.69, 9.17) is 23.2 Å². The van der Waals surface area contributed by atoms with Gasteiger partial charge >= 0.3 is 0 Å². The van der Waals surface area contributed by atoms with Crippen molar-refractivity contribution in [2.75, 3.05) is 20.1 Å². The molecule has 0 radical (unpaired) electrons. The normalized spacial score (nSPS) is 12.3. The Hall–Kier alpha value is -0.400. The van der Waals surface area contributed by atoms with Gasteiger partial charge in [0.1, 0.15) is 10.0 Å². The highest BCUT2D eigenvalue weighted by molar-refractivity contribution is 7.89. The van der Waals surface area contributed by atoms with Crippen molar-refractivity contribution >= 4 is 33.2 Å². The molecule has 0 aliphatic carbocycles. The first-order valence-electron chi connectivity index (χ1n) is 6.75. The summed E-state index contributed by atoms with van der Waals surface area (Å²) < 4.78 is 26.6. The molecule has 0 bridgehead atoms. The third kappa shape index (κ3) is 6.08. The molecule has 21 heavy (non-hydrogen) atoms. The number of hydrogen-bond acceptors (Lipinski definition) is 4. The average Bonchev–Trinajstić information content (AvgIpc) is 2.40. The molecule has 8 heteroatoms. The Kier molecular flexibility index (Phi) is 7.36. The zero-order chi connectivity index (χ0) is 16.0. The summed E-state index contributed by atoms with van der Waals surface area (Å²) in [6, 6.07) is 1.79. The fourth-order valence-electron chi connectivity index (χ4n) is 1.58. The maximum absolute atomic E-state index is 12.0. The maximum Gasteiger partial charge on any atom is 0.242 e. The molecule has 1 aromatic rings. The predicted molar refractivity (Wildman–Crippen MR) is 86.4 cm³/mol. The minimum absolute atomic E-state index is 0.0243. The van der Waals surface area contributed by atoms with E-state index >= 15 is 0 Å². The lowest BCUT2D eigenvalue weighted by Crippen LogP contribution is -2.29. The molecule has 120 valence electrons. The van der Waals surface area contributed by atoms with Crippen molar-refractivity contribution in [3.8, 4) is 0 Å². The van der Waals surface area contributed by atoms with Crippen LogP contribution < -0.4 is 4.72 Å². The number of nitrogens with one attached hydrogen (secondary N) is 1. The molecule has 0 atom stereocenters. The molecule has 0 amide bonds. The largest absolute Gasteiger partial charge is 0.304 e. The van der Waals surface area contributed by atoms with Crippen LogP contribution in [0.25, 0.3) is 0 Å². The van der Waals surface area contributed by atoms with E-state index in [1.165, 1.54) is 12.3 Å². The van der Waals surface area contributed by atoms with Gasteiger partial charge in [-0.2, -0.15) is 0 Å². The van der Waals surface area contributed by atoms with E-state index in [9.17, 15) is 8.42 Å². The summed E-state index contributed by atoms with van der Waals surface area (Å²) in [7, 11) is -1.53. The van der Waals surface area contributed by atoms with Gasteiger partial charge in [0.05, 0.1) is 5.02 Å². The van der Waals surface area contributed by atoms with Gasteiger partial charge in [-0.3, -0.25) is 0 Å². The van der Waals surface area contributed by atoms with Crippen molar-refractivity contribution in [1.82, 2.24) is 14.6 Å². The SMILES string of the molecule is CC(C)N(C)CCCCNS(=O)(=O)c1cnc(Cl)c(Cl)c1. The van der Waals surface area contributed by atoms with Gasteiger partial charge in [0.15, 0.2) is 0 Å². The van der Waals surface area contributed by atoms with E-state index in [2.05, 4.69) is 35.5 Å². The lowest BCUT2D eigenvalue weighted by molar-refractivity contribution is 0.268. The van der Waals surface area contributed by atoms with E-state index in [0.717, 1.165) is 19.4 Å². The van der Waals surface area contributed by atoms with Crippen LogP contribution in [0.15, 0.2) is 17.2 Å². The molecule has 0 aromatic carbocycles. The monoisotopic (exact) mass is 353 g/mol. The van der Waals surface area contributed by atoms with Gasteiger partial charge in [-0.1, -0.05) is 23.2 Å². The second kappa shape index (κ2) is 8.29. The first-order valence-corrected chi connectivity index (χ1v) is 8.99. The van der Waals surface area contributed by atoms with Crippen LogP contribution in [0.4, 0.5) is 0 Å². The summed E-state index contributed by atoms with van der Waals surface area (Å²) in [4.78, 5) is 5.98. The Morgan fingerprint density at radius 2 is 2.00 bits per heavy atom. The topological polar surface area (TPSA) is 62.3 Å². The zero-order valence-corrected chi connectivity index (χ0v) is 14.8. The number of rotatable bonds is 8. The van der Waals surface area contributed by atoms with Crippen LogP contribution in [0.2, 0.25) is 10.2 Å². The quantitative estimate of drug-likeness (QED) is 0.576. The molecule has 0 saturated heterocycles. The molecule has 1 heterocycles. The fourth-order valence-corrected chi connectivity index (χ4v) is 2.96. The van der Waals surface area contributed by atoms with Crippen molar-refractivity contribution in [1.29, 1.82) is 0 Å². The molecule has 5 nitrogen and oxygen atoms in total. The third-order valence-corrected chi connectivity index (χ3v) is 5.31. The van der Waals surface area contributed by atoms with Crippen LogP contribution in [0.5, 0.6) is 0 Å². The first-order chi connectivity index (χ1) is 9.74. The molecule has 0 fully saturated rings. The van der Waals surface area contributed by atoms with E-state index < -0.39 is 10.0 Å². The van der Waals surface area contributed by atoms with Gasteiger partial charge < -0.3 is 4.90 Å². The van der Waals surface area contributed by atoms with Gasteiger partial charge in [0, 0.05) is 18.8 Å². The van der Waals surface area contributed by atoms with Crippen LogP contribution in [-0.4, -0.2) is 44.5 Å². The van der Waals surface area contributed by atoms with Crippen molar-refractivity contribution < 1.29 is 8.42 Å². The summed E-state index contributed by atoms with van der Waals surface area (Å²) in [5, 5.41) is 0.213. The minimum Gasteiger partial charge on any atom is -0.304 e. The lowest BCUT2D eigenvalue weighted by atomic mass is 10.2. The molecular weight excluding hydrogens is 333 g/mol. The number of sulfonamides is 1. The van der Waals surface area contributed by atoms with Gasteiger partial charge in [-0.05, 0) is 46.3 Å². The van der Waals surface area contributed by atoms with Crippen molar-refractivity contribution in [3.63, 3.8) is 0 Å². The Labute approximate surface area is 136 Å². The van der Waals surface area contributed by atoms with Crippen LogP contribution in [0.1, 0.15) is 26.7 Å². The Balaban J connectivity index is 2.45.